The predicted octanol–water partition coefficient (Wildman–Crippen LogP) is 6.35. The van der Waals surface area contributed by atoms with Crippen LogP contribution in [0.25, 0.3) is 0 Å². The van der Waals surface area contributed by atoms with Gasteiger partial charge in [-0.3, -0.25) is 0 Å². The molecule has 0 unspecified atom stereocenters. The molecular weight excluding hydrogens is 479 g/mol. The molecule has 0 atom stereocenters. The molecule has 4 aromatic rings. The Morgan fingerprint density at radius 3 is 2.73 bits per heavy atom. The molecule has 0 N–H and O–H groups in total. The Bertz CT molecular complexity index is 1260. The van der Waals surface area contributed by atoms with Crippen LogP contribution in [0.15, 0.2) is 83.3 Å². The molecule has 6 nitrogen and oxygen atoms in total. The van der Waals surface area contributed by atoms with Crippen LogP contribution < -0.4 is 9.47 Å². The van der Waals surface area contributed by atoms with Crippen LogP contribution in [0.1, 0.15) is 16.7 Å². The summed E-state index contributed by atoms with van der Waals surface area (Å²) >= 11 is 13.8. The molecular formula is C24H20Cl2N4O2S. The number of ether oxygens (including phenoxy) is 2. The van der Waals surface area contributed by atoms with Gasteiger partial charge in [-0.2, -0.15) is 9.78 Å². The van der Waals surface area contributed by atoms with E-state index < -0.39 is 0 Å². The first-order valence-corrected chi connectivity index (χ1v) is 11.7. The van der Waals surface area contributed by atoms with Gasteiger partial charge in [-0.15, -0.1) is 10.2 Å². The summed E-state index contributed by atoms with van der Waals surface area (Å²) in [4.78, 5) is 0. The van der Waals surface area contributed by atoms with E-state index in [-0.39, 0.29) is 0 Å². The lowest BCUT2D eigenvalue weighted by Crippen LogP contribution is -2.01. The first-order chi connectivity index (χ1) is 16.1. The minimum absolute atomic E-state index is 0.341. The second kappa shape index (κ2) is 11.2. The van der Waals surface area contributed by atoms with Crippen molar-refractivity contribution >= 4 is 41.2 Å². The molecule has 0 saturated carbocycles. The number of hydrogen-bond acceptors (Lipinski definition) is 6. The summed E-state index contributed by atoms with van der Waals surface area (Å²) in [7, 11) is 1.60. The largest absolute Gasteiger partial charge is 0.493 e. The second-order valence-corrected chi connectivity index (χ2v) is 8.67. The highest BCUT2D eigenvalue weighted by atomic mass is 35.5. The SMILES string of the molecule is COc1cccc(/C=N/n2cnnc2SCc2ccccc2Cl)c1OCc1cccc(Cl)c1. The Hall–Kier alpha value is -3.00. The van der Waals surface area contributed by atoms with Crippen molar-refractivity contribution in [3.63, 3.8) is 0 Å². The van der Waals surface area contributed by atoms with Gasteiger partial charge in [0.05, 0.1) is 13.3 Å². The van der Waals surface area contributed by atoms with Crippen molar-refractivity contribution in [2.45, 2.75) is 17.5 Å². The second-order valence-electron chi connectivity index (χ2n) is 6.88. The van der Waals surface area contributed by atoms with Crippen LogP contribution in [0.5, 0.6) is 11.5 Å². The first-order valence-electron chi connectivity index (χ1n) is 9.99. The maximum Gasteiger partial charge on any atom is 0.212 e. The molecule has 0 aliphatic heterocycles. The third kappa shape index (κ3) is 6.07. The molecule has 0 radical (unpaired) electrons. The van der Waals surface area contributed by atoms with Gasteiger partial charge in [0.1, 0.15) is 12.9 Å². The summed E-state index contributed by atoms with van der Waals surface area (Å²) in [5, 5.41) is 14.7. The maximum atomic E-state index is 6.26. The summed E-state index contributed by atoms with van der Waals surface area (Å²) in [6, 6.07) is 20.9. The zero-order chi connectivity index (χ0) is 23.0. The molecule has 3 aromatic carbocycles. The number of methoxy groups -OCH3 is 1. The van der Waals surface area contributed by atoms with Crippen LogP contribution in [-0.2, 0) is 12.4 Å². The lowest BCUT2D eigenvalue weighted by Gasteiger charge is -2.13. The molecule has 1 heterocycles. The number of para-hydroxylation sites is 1. The minimum atomic E-state index is 0.341. The number of nitrogens with zero attached hydrogens (tertiary/aromatic N) is 4. The maximum absolute atomic E-state index is 6.26. The first kappa shape index (κ1) is 23.2. The summed E-state index contributed by atoms with van der Waals surface area (Å²) in [6.45, 7) is 0.341. The van der Waals surface area contributed by atoms with E-state index in [9.17, 15) is 0 Å². The third-order valence-corrected chi connectivity index (χ3v) is 6.22. The van der Waals surface area contributed by atoms with Crippen molar-refractivity contribution < 1.29 is 9.47 Å². The van der Waals surface area contributed by atoms with Crippen molar-refractivity contribution in [2.24, 2.45) is 5.10 Å². The fourth-order valence-electron chi connectivity index (χ4n) is 3.01. The topological polar surface area (TPSA) is 61.5 Å². The van der Waals surface area contributed by atoms with Crippen LogP contribution in [0, 0.1) is 0 Å². The Labute approximate surface area is 206 Å². The number of rotatable bonds is 9. The van der Waals surface area contributed by atoms with E-state index in [1.807, 2.05) is 66.7 Å². The zero-order valence-corrected chi connectivity index (χ0v) is 20.0. The van der Waals surface area contributed by atoms with E-state index in [1.54, 1.807) is 24.3 Å². The molecule has 0 fully saturated rings. The molecule has 0 aliphatic carbocycles. The van der Waals surface area contributed by atoms with Gasteiger partial charge >= 0.3 is 0 Å². The zero-order valence-electron chi connectivity index (χ0n) is 17.7. The summed E-state index contributed by atoms with van der Waals surface area (Å²) in [6.07, 6.45) is 3.25. The van der Waals surface area contributed by atoms with Crippen molar-refractivity contribution in [2.75, 3.05) is 7.11 Å². The quantitative estimate of drug-likeness (QED) is 0.199. The van der Waals surface area contributed by atoms with Gasteiger partial charge in [-0.05, 0) is 41.5 Å². The molecule has 9 heteroatoms. The molecule has 0 aliphatic rings. The third-order valence-electron chi connectivity index (χ3n) is 4.64. The molecule has 1 aromatic heterocycles. The molecule has 4 rings (SSSR count). The predicted molar refractivity (Wildman–Crippen MR) is 133 cm³/mol. The monoisotopic (exact) mass is 498 g/mol. The van der Waals surface area contributed by atoms with Crippen LogP contribution in [0.2, 0.25) is 10.0 Å². The number of halogens is 2. The van der Waals surface area contributed by atoms with Gasteiger partial charge in [0.25, 0.3) is 0 Å². The average molecular weight is 499 g/mol. The van der Waals surface area contributed by atoms with Crippen molar-refractivity contribution in [3.8, 4) is 11.5 Å². The Morgan fingerprint density at radius 2 is 1.91 bits per heavy atom. The normalized spacial score (nSPS) is 11.1. The average Bonchev–Trinajstić information content (AvgIpc) is 3.28. The standard InChI is InChI=1S/C24H20Cl2N4O2S/c1-31-22-11-5-8-18(23(22)32-14-17-6-4-9-20(25)12-17)13-28-30-16-27-29-24(30)33-15-19-7-2-3-10-21(19)26/h2-13,16H,14-15H2,1H3/b28-13+. The Morgan fingerprint density at radius 1 is 1.06 bits per heavy atom. The van der Waals surface area contributed by atoms with E-state index >= 15 is 0 Å². The van der Waals surface area contributed by atoms with E-state index in [0.29, 0.717) is 34.0 Å². The van der Waals surface area contributed by atoms with Gasteiger partial charge in [0.15, 0.2) is 11.5 Å². The molecule has 0 saturated heterocycles. The highest BCUT2D eigenvalue weighted by Gasteiger charge is 2.11. The van der Waals surface area contributed by atoms with Crippen LogP contribution in [0.4, 0.5) is 0 Å². The molecule has 0 spiro atoms. The van der Waals surface area contributed by atoms with Gasteiger partial charge < -0.3 is 9.47 Å². The fourth-order valence-corrected chi connectivity index (χ4v) is 4.37. The van der Waals surface area contributed by atoms with E-state index in [4.69, 9.17) is 32.7 Å². The van der Waals surface area contributed by atoms with Crippen molar-refractivity contribution in [1.29, 1.82) is 0 Å². The number of benzene rings is 3. The highest BCUT2D eigenvalue weighted by molar-refractivity contribution is 7.98. The Kier molecular flexibility index (Phi) is 7.88. The molecule has 33 heavy (non-hydrogen) atoms. The lowest BCUT2D eigenvalue weighted by atomic mass is 10.2. The summed E-state index contributed by atoms with van der Waals surface area (Å²) in [5.41, 5.74) is 2.73. The van der Waals surface area contributed by atoms with Crippen molar-refractivity contribution in [1.82, 2.24) is 14.9 Å². The van der Waals surface area contributed by atoms with E-state index in [2.05, 4.69) is 15.3 Å². The lowest BCUT2D eigenvalue weighted by molar-refractivity contribution is 0.284. The highest BCUT2D eigenvalue weighted by Crippen LogP contribution is 2.31. The summed E-state index contributed by atoms with van der Waals surface area (Å²) < 4.78 is 13.2. The van der Waals surface area contributed by atoms with Gasteiger partial charge in [-0.25, -0.2) is 0 Å². The van der Waals surface area contributed by atoms with Gasteiger partial charge in [0.2, 0.25) is 5.16 Å². The minimum Gasteiger partial charge on any atom is -0.493 e. The van der Waals surface area contributed by atoms with Crippen LogP contribution >= 0.6 is 35.0 Å². The van der Waals surface area contributed by atoms with Crippen LogP contribution in [-0.4, -0.2) is 28.2 Å². The van der Waals surface area contributed by atoms with Crippen molar-refractivity contribution in [3.05, 3.63) is 99.8 Å². The smallest absolute Gasteiger partial charge is 0.212 e. The van der Waals surface area contributed by atoms with E-state index in [1.165, 1.54) is 11.8 Å². The number of hydrogen-bond donors (Lipinski definition) is 0. The molecule has 168 valence electrons. The Balaban J connectivity index is 1.51. The molecule has 0 amide bonds. The van der Waals surface area contributed by atoms with E-state index in [0.717, 1.165) is 21.7 Å². The fraction of sp³-hybridized carbons (Fsp3) is 0.125. The summed E-state index contributed by atoms with van der Waals surface area (Å²) in [5.74, 6) is 1.85. The number of thioether (sulfide) groups is 1. The number of aromatic nitrogens is 3. The van der Waals surface area contributed by atoms with Gasteiger partial charge in [0, 0.05) is 21.4 Å². The molecule has 0 bridgehead atoms. The van der Waals surface area contributed by atoms with Crippen LogP contribution in [0.3, 0.4) is 0 Å². The van der Waals surface area contributed by atoms with Gasteiger partial charge in [-0.1, -0.05) is 71.4 Å².